The highest BCUT2D eigenvalue weighted by atomic mass is 16.6. The van der Waals surface area contributed by atoms with Crippen LogP contribution in [0.25, 0.3) is 0 Å². The fraction of sp³-hybridized carbons (Fsp3) is 0.316. The van der Waals surface area contributed by atoms with E-state index in [1.807, 2.05) is 6.07 Å². The predicted molar refractivity (Wildman–Crippen MR) is 95.4 cm³/mol. The minimum Gasteiger partial charge on any atom is -0.350 e. The topological polar surface area (TPSA) is 75.5 Å². The first-order valence-electron chi connectivity index (χ1n) is 8.38. The molecule has 0 bridgehead atoms. The number of nitrogens with zero attached hydrogens (tertiary/aromatic N) is 2. The standard InChI is InChI=1S/C19H21N3O3/c1-14(21-11-10-15-6-2-3-7-16(15)13-21)12-20-19(23)17-8-4-5-9-18(17)22(24)25/h2-9,14H,10-13H2,1H3,(H,20,23). The van der Waals surface area contributed by atoms with Crippen LogP contribution in [-0.4, -0.2) is 34.9 Å². The second-order valence-electron chi connectivity index (χ2n) is 6.32. The summed E-state index contributed by atoms with van der Waals surface area (Å²) < 4.78 is 0. The second-order valence-corrected chi connectivity index (χ2v) is 6.32. The van der Waals surface area contributed by atoms with Crippen LogP contribution in [0.15, 0.2) is 48.5 Å². The number of rotatable bonds is 5. The molecule has 6 heteroatoms. The molecule has 1 atom stereocenters. The first kappa shape index (κ1) is 17.1. The lowest BCUT2D eigenvalue weighted by Gasteiger charge is -2.33. The molecule has 3 rings (SSSR count). The van der Waals surface area contributed by atoms with Crippen LogP contribution < -0.4 is 5.32 Å². The van der Waals surface area contributed by atoms with Crippen LogP contribution in [0.4, 0.5) is 5.69 Å². The lowest BCUT2D eigenvalue weighted by Crippen LogP contribution is -2.44. The van der Waals surface area contributed by atoms with Gasteiger partial charge in [0.05, 0.1) is 4.92 Å². The predicted octanol–water partition coefficient (Wildman–Crippen LogP) is 2.77. The van der Waals surface area contributed by atoms with E-state index in [1.54, 1.807) is 12.1 Å². The van der Waals surface area contributed by atoms with Gasteiger partial charge >= 0.3 is 0 Å². The Kier molecular flexibility index (Phi) is 5.09. The number of fused-ring (bicyclic) bond motifs is 1. The molecule has 1 heterocycles. The monoisotopic (exact) mass is 339 g/mol. The van der Waals surface area contributed by atoms with Crippen LogP contribution in [0.3, 0.4) is 0 Å². The Balaban J connectivity index is 1.61. The highest BCUT2D eigenvalue weighted by Crippen LogP contribution is 2.20. The molecule has 1 N–H and O–H groups in total. The molecular weight excluding hydrogens is 318 g/mol. The molecule has 0 fully saturated rings. The molecule has 1 unspecified atom stereocenters. The second kappa shape index (κ2) is 7.44. The number of hydrogen-bond donors (Lipinski definition) is 1. The van der Waals surface area contributed by atoms with Gasteiger partial charge in [0.1, 0.15) is 5.56 Å². The van der Waals surface area contributed by atoms with Crippen molar-refractivity contribution in [3.8, 4) is 0 Å². The first-order chi connectivity index (χ1) is 12.1. The number of para-hydroxylation sites is 1. The zero-order chi connectivity index (χ0) is 17.8. The summed E-state index contributed by atoms with van der Waals surface area (Å²) in [5.41, 5.74) is 2.64. The van der Waals surface area contributed by atoms with Crippen molar-refractivity contribution in [1.29, 1.82) is 0 Å². The summed E-state index contributed by atoms with van der Waals surface area (Å²) in [6.07, 6.45) is 0.999. The first-order valence-corrected chi connectivity index (χ1v) is 8.38. The summed E-state index contributed by atoms with van der Waals surface area (Å²) in [5, 5.41) is 13.9. The Morgan fingerprint density at radius 2 is 1.88 bits per heavy atom. The van der Waals surface area contributed by atoms with Crippen molar-refractivity contribution in [1.82, 2.24) is 10.2 Å². The van der Waals surface area contributed by atoms with Gasteiger partial charge in [0.2, 0.25) is 0 Å². The number of carbonyl (C=O) groups excluding carboxylic acids is 1. The van der Waals surface area contributed by atoms with Gasteiger partial charge in [-0.15, -0.1) is 0 Å². The van der Waals surface area contributed by atoms with E-state index in [0.29, 0.717) is 6.54 Å². The maximum atomic E-state index is 12.3. The van der Waals surface area contributed by atoms with Crippen LogP contribution in [-0.2, 0) is 13.0 Å². The summed E-state index contributed by atoms with van der Waals surface area (Å²) in [7, 11) is 0. The molecule has 0 saturated carbocycles. The molecule has 0 spiro atoms. The Bertz CT molecular complexity index is 791. The van der Waals surface area contributed by atoms with Crippen molar-refractivity contribution in [3.05, 3.63) is 75.3 Å². The van der Waals surface area contributed by atoms with Crippen molar-refractivity contribution in [2.45, 2.75) is 25.9 Å². The number of hydrogen-bond acceptors (Lipinski definition) is 4. The Labute approximate surface area is 146 Å². The number of nitro groups is 1. The molecule has 2 aromatic carbocycles. The minimum absolute atomic E-state index is 0.101. The third kappa shape index (κ3) is 3.85. The largest absolute Gasteiger partial charge is 0.350 e. The number of carbonyl (C=O) groups is 1. The zero-order valence-electron chi connectivity index (χ0n) is 14.1. The van der Waals surface area contributed by atoms with E-state index in [9.17, 15) is 14.9 Å². The van der Waals surface area contributed by atoms with E-state index in [4.69, 9.17) is 0 Å². The lowest BCUT2D eigenvalue weighted by molar-refractivity contribution is -0.385. The number of nitrogens with one attached hydrogen (secondary N) is 1. The third-order valence-corrected chi connectivity index (χ3v) is 4.69. The van der Waals surface area contributed by atoms with Crippen molar-refractivity contribution in [3.63, 3.8) is 0 Å². The molecule has 1 aliphatic rings. The minimum atomic E-state index is -0.528. The number of nitro benzene ring substituents is 1. The van der Waals surface area contributed by atoms with Crippen LogP contribution in [0.5, 0.6) is 0 Å². The van der Waals surface area contributed by atoms with Gasteiger partial charge in [0.15, 0.2) is 0 Å². The lowest BCUT2D eigenvalue weighted by atomic mass is 9.99. The van der Waals surface area contributed by atoms with E-state index in [2.05, 4.69) is 35.3 Å². The smallest absolute Gasteiger partial charge is 0.282 e. The quantitative estimate of drug-likeness (QED) is 0.671. The Hall–Kier alpha value is -2.73. The summed E-state index contributed by atoms with van der Waals surface area (Å²) in [5.74, 6) is -0.406. The summed E-state index contributed by atoms with van der Waals surface area (Å²) in [6, 6.07) is 14.6. The number of benzene rings is 2. The Morgan fingerprint density at radius 1 is 1.20 bits per heavy atom. The van der Waals surface area contributed by atoms with Gasteiger partial charge in [0, 0.05) is 31.7 Å². The van der Waals surface area contributed by atoms with Crippen LogP contribution in [0.1, 0.15) is 28.4 Å². The average molecular weight is 339 g/mol. The van der Waals surface area contributed by atoms with Crippen LogP contribution in [0, 0.1) is 10.1 Å². The molecule has 0 saturated heterocycles. The van der Waals surface area contributed by atoms with Crippen LogP contribution in [0.2, 0.25) is 0 Å². The zero-order valence-corrected chi connectivity index (χ0v) is 14.1. The summed E-state index contributed by atoms with van der Waals surface area (Å²) >= 11 is 0. The van der Waals surface area contributed by atoms with Crippen molar-refractivity contribution in [2.75, 3.05) is 13.1 Å². The van der Waals surface area contributed by atoms with E-state index in [-0.39, 0.29) is 17.3 Å². The maximum absolute atomic E-state index is 12.3. The molecular formula is C19H21N3O3. The van der Waals surface area contributed by atoms with E-state index < -0.39 is 10.8 Å². The van der Waals surface area contributed by atoms with Crippen molar-refractivity contribution in [2.24, 2.45) is 0 Å². The highest BCUT2D eigenvalue weighted by Gasteiger charge is 2.23. The molecule has 0 aromatic heterocycles. The van der Waals surface area contributed by atoms with Crippen molar-refractivity contribution < 1.29 is 9.72 Å². The maximum Gasteiger partial charge on any atom is 0.282 e. The summed E-state index contributed by atoms with van der Waals surface area (Å²) in [4.78, 5) is 25.2. The molecule has 25 heavy (non-hydrogen) atoms. The Morgan fingerprint density at radius 3 is 2.64 bits per heavy atom. The molecule has 2 aromatic rings. The molecule has 0 aliphatic carbocycles. The van der Waals surface area contributed by atoms with E-state index in [1.165, 1.54) is 23.3 Å². The van der Waals surface area contributed by atoms with Gasteiger partial charge in [-0.2, -0.15) is 0 Å². The normalized spacial score (nSPS) is 15.2. The fourth-order valence-electron chi connectivity index (χ4n) is 3.18. The molecule has 1 aliphatic heterocycles. The number of amides is 1. The van der Waals surface area contributed by atoms with E-state index >= 15 is 0 Å². The average Bonchev–Trinajstić information content (AvgIpc) is 2.65. The SMILES string of the molecule is CC(CNC(=O)c1ccccc1[N+](=O)[O-])N1CCc2ccccc2C1. The van der Waals surface area contributed by atoms with Gasteiger partial charge in [0.25, 0.3) is 11.6 Å². The van der Waals surface area contributed by atoms with Gasteiger partial charge in [-0.25, -0.2) is 0 Å². The van der Waals surface area contributed by atoms with Gasteiger partial charge in [-0.3, -0.25) is 19.8 Å². The molecule has 1 amide bonds. The van der Waals surface area contributed by atoms with Crippen molar-refractivity contribution >= 4 is 11.6 Å². The van der Waals surface area contributed by atoms with Gasteiger partial charge in [-0.05, 0) is 30.5 Å². The van der Waals surface area contributed by atoms with E-state index in [0.717, 1.165) is 19.5 Å². The molecule has 0 radical (unpaired) electrons. The van der Waals surface area contributed by atoms with Gasteiger partial charge in [-0.1, -0.05) is 36.4 Å². The highest BCUT2D eigenvalue weighted by molar-refractivity contribution is 5.98. The van der Waals surface area contributed by atoms with Gasteiger partial charge < -0.3 is 5.32 Å². The van der Waals surface area contributed by atoms with Crippen LogP contribution >= 0.6 is 0 Å². The molecule has 6 nitrogen and oxygen atoms in total. The molecule has 130 valence electrons. The fourth-order valence-corrected chi connectivity index (χ4v) is 3.18. The summed E-state index contributed by atoms with van der Waals surface area (Å²) in [6.45, 7) is 4.32. The third-order valence-electron chi connectivity index (χ3n) is 4.69.